The van der Waals surface area contributed by atoms with Crippen LogP contribution in [0.2, 0.25) is 0 Å². The third-order valence-electron chi connectivity index (χ3n) is 1.23. The Kier molecular flexibility index (Phi) is 1.68. The molecule has 4 nitrogen and oxygen atoms in total. The van der Waals surface area contributed by atoms with Gasteiger partial charge in [-0.3, -0.25) is 4.79 Å². The maximum atomic E-state index is 10.8. The molecule has 0 aromatic carbocycles. The van der Waals surface area contributed by atoms with Crippen molar-refractivity contribution in [3.8, 4) is 11.8 Å². The zero-order valence-corrected chi connectivity index (χ0v) is 5.69. The lowest BCUT2D eigenvalue weighted by atomic mass is 10.6. The van der Waals surface area contributed by atoms with Gasteiger partial charge in [-0.1, -0.05) is 6.58 Å². The fourth-order valence-electron chi connectivity index (χ4n) is 0.733. The Bertz CT molecular complexity index is 281. The molecule has 0 amide bonds. The highest BCUT2D eigenvalue weighted by Crippen LogP contribution is 2.20. The van der Waals surface area contributed by atoms with Gasteiger partial charge in [-0.2, -0.15) is 0 Å². The minimum atomic E-state index is -0.565. The second kappa shape index (κ2) is 2.49. The molecule has 1 aromatic rings. The molecule has 1 heterocycles. The zero-order chi connectivity index (χ0) is 8.43. The van der Waals surface area contributed by atoms with E-state index in [0.717, 1.165) is 10.6 Å². The quantitative estimate of drug-likeness (QED) is 0.584. The van der Waals surface area contributed by atoms with Crippen molar-refractivity contribution in [1.29, 1.82) is 0 Å². The van der Waals surface area contributed by atoms with Crippen LogP contribution in [-0.2, 0) is 0 Å². The summed E-state index contributed by atoms with van der Waals surface area (Å²) in [5, 5.41) is 17.9. The summed E-state index contributed by atoms with van der Waals surface area (Å²) >= 11 is 0. The fourth-order valence-corrected chi connectivity index (χ4v) is 0.733. The van der Waals surface area contributed by atoms with Gasteiger partial charge >= 0.3 is 0 Å². The zero-order valence-electron chi connectivity index (χ0n) is 5.69. The molecule has 0 bridgehead atoms. The molecular weight excluding hydrogens is 146 g/mol. The number of aromatic nitrogens is 1. The van der Waals surface area contributed by atoms with Crippen LogP contribution in [0.15, 0.2) is 24.8 Å². The van der Waals surface area contributed by atoms with E-state index in [4.69, 9.17) is 10.2 Å². The lowest BCUT2D eigenvalue weighted by Crippen LogP contribution is -2.04. The van der Waals surface area contributed by atoms with E-state index in [1.165, 1.54) is 12.1 Å². The summed E-state index contributed by atoms with van der Waals surface area (Å²) in [6.45, 7) is 3.21. The van der Waals surface area contributed by atoms with E-state index in [1.54, 1.807) is 0 Å². The van der Waals surface area contributed by atoms with E-state index in [2.05, 4.69) is 6.58 Å². The Morgan fingerprint density at radius 3 is 2.27 bits per heavy atom. The monoisotopic (exact) mass is 153 g/mol. The maximum Gasteiger partial charge on any atom is 0.259 e. The van der Waals surface area contributed by atoms with E-state index in [-0.39, 0.29) is 11.8 Å². The molecule has 0 spiro atoms. The van der Waals surface area contributed by atoms with Crippen molar-refractivity contribution in [3.05, 3.63) is 24.8 Å². The summed E-state index contributed by atoms with van der Waals surface area (Å²) < 4.78 is 0.743. The normalized spacial score (nSPS) is 9.45. The first-order valence-corrected chi connectivity index (χ1v) is 2.93. The molecule has 11 heavy (non-hydrogen) atoms. The summed E-state index contributed by atoms with van der Waals surface area (Å²) in [5.74, 6) is -1.16. The number of hydrogen-bond acceptors (Lipinski definition) is 3. The van der Waals surface area contributed by atoms with Gasteiger partial charge in [0, 0.05) is 12.1 Å². The van der Waals surface area contributed by atoms with Gasteiger partial charge in [0.05, 0.1) is 0 Å². The molecule has 0 fully saturated rings. The van der Waals surface area contributed by atoms with E-state index < -0.39 is 5.91 Å². The lowest BCUT2D eigenvalue weighted by Gasteiger charge is -1.99. The van der Waals surface area contributed by atoms with Crippen LogP contribution in [0.4, 0.5) is 0 Å². The van der Waals surface area contributed by atoms with Crippen LogP contribution >= 0.6 is 0 Å². The average Bonchev–Trinajstić information content (AvgIpc) is 2.30. The minimum absolute atomic E-state index is 0.299. The first-order chi connectivity index (χ1) is 5.16. The molecule has 0 saturated heterocycles. The smallest absolute Gasteiger partial charge is 0.259 e. The number of nitrogens with zero attached hydrogens (tertiary/aromatic N) is 1. The molecule has 58 valence electrons. The Hall–Kier alpha value is -1.71. The third kappa shape index (κ3) is 1.10. The van der Waals surface area contributed by atoms with Crippen molar-refractivity contribution in [2.24, 2.45) is 0 Å². The van der Waals surface area contributed by atoms with Crippen molar-refractivity contribution >= 4 is 5.91 Å². The van der Waals surface area contributed by atoms with Gasteiger partial charge in [0.25, 0.3) is 5.91 Å². The van der Waals surface area contributed by atoms with E-state index >= 15 is 0 Å². The van der Waals surface area contributed by atoms with Gasteiger partial charge in [0.1, 0.15) is 0 Å². The van der Waals surface area contributed by atoms with E-state index in [9.17, 15) is 4.79 Å². The van der Waals surface area contributed by atoms with Crippen molar-refractivity contribution in [2.45, 2.75) is 0 Å². The second-order valence-corrected chi connectivity index (χ2v) is 1.93. The lowest BCUT2D eigenvalue weighted by molar-refractivity contribution is 0.0951. The summed E-state index contributed by atoms with van der Waals surface area (Å²) in [6.07, 6.45) is 0.999. The predicted octanol–water partition coefficient (Wildman–Crippen LogP) is 0.725. The molecule has 4 heteroatoms. The van der Waals surface area contributed by atoms with Gasteiger partial charge in [0.15, 0.2) is 0 Å². The molecule has 0 aliphatic rings. The van der Waals surface area contributed by atoms with Crippen LogP contribution in [0.1, 0.15) is 4.79 Å². The second-order valence-electron chi connectivity index (χ2n) is 1.93. The van der Waals surface area contributed by atoms with E-state index in [0.29, 0.717) is 0 Å². The topological polar surface area (TPSA) is 62.5 Å². The number of allylic oxidation sites excluding steroid dienone is 1. The molecular formula is C7H7NO3. The number of hydrogen-bond donors (Lipinski definition) is 2. The molecule has 0 radical (unpaired) electrons. The minimum Gasteiger partial charge on any atom is -0.494 e. The Morgan fingerprint density at radius 2 is 1.91 bits per heavy atom. The summed E-state index contributed by atoms with van der Waals surface area (Å²) in [6, 6.07) is 2.44. The van der Waals surface area contributed by atoms with Crippen LogP contribution in [-0.4, -0.2) is 20.7 Å². The van der Waals surface area contributed by atoms with Crippen LogP contribution in [0, 0.1) is 0 Å². The van der Waals surface area contributed by atoms with Crippen LogP contribution < -0.4 is 0 Å². The highest BCUT2D eigenvalue weighted by atomic mass is 16.3. The molecule has 1 rings (SSSR count). The first kappa shape index (κ1) is 7.40. The highest BCUT2D eigenvalue weighted by molar-refractivity contribution is 5.91. The summed E-state index contributed by atoms with van der Waals surface area (Å²) in [5.41, 5.74) is 0. The molecule has 2 N–H and O–H groups in total. The average molecular weight is 153 g/mol. The Balaban J connectivity index is 3.20. The van der Waals surface area contributed by atoms with Gasteiger partial charge in [-0.05, 0) is 6.08 Å². The number of rotatable bonds is 1. The number of aromatic hydroxyl groups is 2. The first-order valence-electron chi connectivity index (χ1n) is 2.93. The standard InChI is InChI=1S/C7H7NO3/c1-2-5(9)8-6(10)3-4-7(8)11/h2-4,10-11H,1H2. The van der Waals surface area contributed by atoms with Crippen LogP contribution in [0.5, 0.6) is 11.8 Å². The molecule has 0 unspecified atom stereocenters. The third-order valence-corrected chi connectivity index (χ3v) is 1.23. The van der Waals surface area contributed by atoms with Crippen LogP contribution in [0.3, 0.4) is 0 Å². The molecule has 1 aromatic heterocycles. The molecule has 0 atom stereocenters. The van der Waals surface area contributed by atoms with Crippen molar-refractivity contribution in [3.63, 3.8) is 0 Å². The number of carbonyl (C=O) groups is 1. The molecule has 0 aliphatic heterocycles. The van der Waals surface area contributed by atoms with Gasteiger partial charge in [-0.25, -0.2) is 4.57 Å². The van der Waals surface area contributed by atoms with Gasteiger partial charge < -0.3 is 10.2 Å². The predicted molar refractivity (Wildman–Crippen MR) is 38.6 cm³/mol. The fraction of sp³-hybridized carbons (Fsp3) is 0. The largest absolute Gasteiger partial charge is 0.494 e. The Labute approximate surface area is 63.0 Å². The highest BCUT2D eigenvalue weighted by Gasteiger charge is 2.09. The van der Waals surface area contributed by atoms with Crippen molar-refractivity contribution in [2.75, 3.05) is 0 Å². The molecule has 0 aliphatic carbocycles. The van der Waals surface area contributed by atoms with Crippen LogP contribution in [0.25, 0.3) is 0 Å². The van der Waals surface area contributed by atoms with Crippen molar-refractivity contribution in [1.82, 2.24) is 4.57 Å². The van der Waals surface area contributed by atoms with E-state index in [1.807, 2.05) is 0 Å². The SMILES string of the molecule is C=CC(=O)n1c(O)ccc1O. The van der Waals surface area contributed by atoms with Gasteiger partial charge in [0.2, 0.25) is 11.8 Å². The van der Waals surface area contributed by atoms with Crippen molar-refractivity contribution < 1.29 is 15.0 Å². The van der Waals surface area contributed by atoms with Gasteiger partial charge in [-0.15, -0.1) is 0 Å². The molecule has 0 saturated carbocycles. The Morgan fingerprint density at radius 1 is 1.45 bits per heavy atom. The maximum absolute atomic E-state index is 10.8. The summed E-state index contributed by atoms with van der Waals surface area (Å²) in [4.78, 5) is 10.8. The number of carbonyl (C=O) groups excluding carboxylic acids is 1. The summed E-state index contributed by atoms with van der Waals surface area (Å²) in [7, 11) is 0.